The van der Waals surface area contributed by atoms with E-state index in [2.05, 4.69) is 20.7 Å². The van der Waals surface area contributed by atoms with Crippen LogP contribution in [0.2, 0.25) is 0 Å². The molecule has 1 atom stereocenters. The first-order valence-corrected chi connectivity index (χ1v) is 10.1. The molecule has 0 saturated carbocycles. The monoisotopic (exact) mass is 361 g/mol. The van der Waals surface area contributed by atoms with Gasteiger partial charge in [-0.2, -0.15) is 0 Å². The molecule has 1 fully saturated rings. The Balaban J connectivity index is 2.78. The van der Waals surface area contributed by atoms with Gasteiger partial charge >= 0.3 is 0 Å². The van der Waals surface area contributed by atoms with E-state index in [1.807, 2.05) is 6.92 Å². The van der Waals surface area contributed by atoms with Gasteiger partial charge < -0.3 is 0 Å². The summed E-state index contributed by atoms with van der Waals surface area (Å²) >= 11 is 3.37. The number of halogens is 1. The van der Waals surface area contributed by atoms with Crippen LogP contribution in [0.25, 0.3) is 0 Å². The average molecular weight is 362 g/mol. The highest BCUT2D eigenvalue weighted by Crippen LogP contribution is 2.23. The minimum Gasteiger partial charge on any atom is -0.229 e. The van der Waals surface area contributed by atoms with Gasteiger partial charge in [0.1, 0.15) is 9.84 Å². The molecule has 1 aliphatic rings. The summed E-state index contributed by atoms with van der Waals surface area (Å²) in [5.74, 6) is -0.0776. The molecule has 8 heteroatoms. The Morgan fingerprint density at radius 3 is 2.11 bits per heavy atom. The van der Waals surface area contributed by atoms with Crippen molar-refractivity contribution in [3.05, 3.63) is 0 Å². The lowest BCUT2D eigenvalue weighted by molar-refractivity contribution is 0.445. The Morgan fingerprint density at radius 1 is 1.28 bits per heavy atom. The van der Waals surface area contributed by atoms with Gasteiger partial charge in [0.2, 0.25) is 10.0 Å². The number of nitrogens with one attached hydrogen (secondary N) is 1. The van der Waals surface area contributed by atoms with Gasteiger partial charge in [0.25, 0.3) is 0 Å². The summed E-state index contributed by atoms with van der Waals surface area (Å²) in [6.45, 7) is 5.46. The largest absolute Gasteiger partial charge is 0.229 e. The van der Waals surface area contributed by atoms with Crippen LogP contribution in [0.4, 0.5) is 0 Å². The van der Waals surface area contributed by atoms with Crippen molar-refractivity contribution >= 4 is 35.8 Å². The molecule has 18 heavy (non-hydrogen) atoms. The number of sulfone groups is 1. The predicted octanol–water partition coefficient (Wildman–Crippen LogP) is 1.04. The minimum absolute atomic E-state index is 0.0212. The highest BCUT2D eigenvalue weighted by molar-refractivity contribution is 9.09. The van der Waals surface area contributed by atoms with Crippen molar-refractivity contribution in [2.75, 3.05) is 11.5 Å². The maximum absolute atomic E-state index is 12.2. The molecule has 0 aromatic carbocycles. The van der Waals surface area contributed by atoms with Crippen molar-refractivity contribution in [1.82, 2.24) is 4.72 Å². The highest BCUT2D eigenvalue weighted by Gasteiger charge is 2.37. The first kappa shape index (κ1) is 16.4. The minimum atomic E-state index is -3.48. The Bertz CT molecular complexity index is 482. The van der Waals surface area contributed by atoms with E-state index < -0.39 is 30.6 Å². The third kappa shape index (κ3) is 4.18. The molecular weight excluding hydrogens is 342 g/mol. The summed E-state index contributed by atoms with van der Waals surface area (Å²) in [7, 11) is -6.52. The van der Waals surface area contributed by atoms with Gasteiger partial charge in [0.05, 0.1) is 16.8 Å². The molecule has 1 rings (SSSR count). The number of sulfonamides is 1. The standard InChI is InChI=1S/C10H20BrNO4S2/c1-8(11)10(2,3)12-18(15,16)9-4-6-17(13,14)7-5-9/h8-9,12H,4-7H2,1-3H3. The van der Waals surface area contributed by atoms with E-state index in [1.165, 1.54) is 0 Å². The Kier molecular flexibility index (Phi) is 4.90. The number of hydrogen-bond acceptors (Lipinski definition) is 4. The zero-order valence-electron chi connectivity index (χ0n) is 10.8. The molecule has 0 aliphatic carbocycles. The van der Waals surface area contributed by atoms with E-state index in [9.17, 15) is 16.8 Å². The Labute approximate surface area is 118 Å². The third-order valence-corrected chi connectivity index (χ3v) is 8.36. The van der Waals surface area contributed by atoms with Gasteiger partial charge in [0.15, 0.2) is 0 Å². The third-order valence-electron chi connectivity index (χ3n) is 3.34. The Hall–Kier alpha value is 0.340. The van der Waals surface area contributed by atoms with Crippen LogP contribution in [0.15, 0.2) is 0 Å². The predicted molar refractivity (Wildman–Crippen MR) is 76.2 cm³/mol. The second kappa shape index (κ2) is 5.38. The van der Waals surface area contributed by atoms with E-state index in [0.717, 1.165) is 0 Å². The zero-order valence-corrected chi connectivity index (χ0v) is 14.0. The lowest BCUT2D eigenvalue weighted by Gasteiger charge is -2.32. The van der Waals surface area contributed by atoms with Crippen molar-refractivity contribution < 1.29 is 16.8 Å². The fourth-order valence-corrected chi connectivity index (χ4v) is 5.70. The van der Waals surface area contributed by atoms with Crippen LogP contribution in [0.3, 0.4) is 0 Å². The van der Waals surface area contributed by atoms with Gasteiger partial charge in [-0.05, 0) is 26.7 Å². The number of alkyl halides is 1. The maximum atomic E-state index is 12.2. The zero-order chi connectivity index (χ0) is 14.2. The number of hydrogen-bond donors (Lipinski definition) is 1. The lowest BCUT2D eigenvalue weighted by atomic mass is 10.0. The molecule has 1 unspecified atom stereocenters. The molecular formula is C10H20BrNO4S2. The van der Waals surface area contributed by atoms with Crippen molar-refractivity contribution in [1.29, 1.82) is 0 Å². The smallest absolute Gasteiger partial charge is 0.215 e. The van der Waals surface area contributed by atoms with Crippen LogP contribution >= 0.6 is 15.9 Å². The van der Waals surface area contributed by atoms with E-state index >= 15 is 0 Å². The summed E-state index contributed by atoms with van der Waals surface area (Å²) in [5, 5.41) is -0.605. The topological polar surface area (TPSA) is 80.3 Å². The lowest BCUT2D eigenvalue weighted by Crippen LogP contribution is -2.52. The number of rotatable bonds is 4. The van der Waals surface area contributed by atoms with Gasteiger partial charge in [0, 0.05) is 10.4 Å². The molecule has 0 bridgehead atoms. The molecule has 1 N–H and O–H groups in total. The molecule has 0 spiro atoms. The summed E-state index contributed by atoms with van der Waals surface area (Å²) in [4.78, 5) is -0.0212. The van der Waals surface area contributed by atoms with Crippen molar-refractivity contribution in [3.8, 4) is 0 Å². The highest BCUT2D eigenvalue weighted by atomic mass is 79.9. The normalized spacial score (nSPS) is 23.8. The van der Waals surface area contributed by atoms with E-state index in [-0.39, 0.29) is 29.2 Å². The molecule has 108 valence electrons. The molecule has 1 saturated heterocycles. The van der Waals surface area contributed by atoms with Crippen molar-refractivity contribution in [2.45, 2.75) is 49.2 Å². The molecule has 1 aliphatic heterocycles. The first-order valence-electron chi connectivity index (χ1n) is 5.83. The van der Waals surface area contributed by atoms with Gasteiger partial charge in [-0.15, -0.1) is 0 Å². The van der Waals surface area contributed by atoms with Gasteiger partial charge in [-0.3, -0.25) is 0 Å². The summed E-state index contributed by atoms with van der Waals surface area (Å²) in [5.41, 5.74) is -0.602. The molecule has 0 aromatic rings. The van der Waals surface area contributed by atoms with Crippen LogP contribution in [-0.4, -0.2) is 44.0 Å². The molecule has 0 aromatic heterocycles. The van der Waals surface area contributed by atoms with Crippen molar-refractivity contribution in [3.63, 3.8) is 0 Å². The van der Waals surface area contributed by atoms with Crippen LogP contribution in [-0.2, 0) is 19.9 Å². The fourth-order valence-electron chi connectivity index (χ4n) is 1.71. The second-order valence-corrected chi connectivity index (χ2v) is 11.0. The van der Waals surface area contributed by atoms with E-state index in [4.69, 9.17) is 0 Å². The van der Waals surface area contributed by atoms with E-state index in [0.29, 0.717) is 0 Å². The van der Waals surface area contributed by atoms with Crippen LogP contribution in [0, 0.1) is 0 Å². The first-order chi connectivity index (χ1) is 7.96. The SMILES string of the molecule is CC(Br)C(C)(C)NS(=O)(=O)C1CCS(=O)(=O)CC1. The summed E-state index contributed by atoms with van der Waals surface area (Å²) < 4.78 is 49.6. The molecule has 5 nitrogen and oxygen atoms in total. The summed E-state index contributed by atoms with van der Waals surface area (Å²) in [6.07, 6.45) is 0.370. The molecule has 0 radical (unpaired) electrons. The van der Waals surface area contributed by atoms with Crippen LogP contribution in [0.1, 0.15) is 33.6 Å². The second-order valence-electron chi connectivity index (χ2n) is 5.34. The van der Waals surface area contributed by atoms with Gasteiger partial charge in [-0.25, -0.2) is 21.6 Å². The van der Waals surface area contributed by atoms with Crippen molar-refractivity contribution in [2.24, 2.45) is 0 Å². The van der Waals surface area contributed by atoms with E-state index in [1.54, 1.807) is 13.8 Å². The summed E-state index contributed by atoms with van der Waals surface area (Å²) in [6, 6.07) is 0. The molecule has 0 amide bonds. The van der Waals surface area contributed by atoms with Gasteiger partial charge in [-0.1, -0.05) is 22.9 Å². The van der Waals surface area contributed by atoms with Crippen LogP contribution in [0.5, 0.6) is 0 Å². The fraction of sp³-hybridized carbons (Fsp3) is 1.00. The quantitative estimate of drug-likeness (QED) is 0.758. The maximum Gasteiger partial charge on any atom is 0.215 e. The molecule has 1 heterocycles. The Morgan fingerprint density at radius 2 is 1.72 bits per heavy atom. The van der Waals surface area contributed by atoms with Crippen LogP contribution < -0.4 is 4.72 Å². The average Bonchev–Trinajstić information content (AvgIpc) is 2.14.